The minimum Gasteiger partial charge on any atom is -0.494 e. The van der Waals surface area contributed by atoms with Gasteiger partial charge in [-0.2, -0.15) is 0 Å². The van der Waals surface area contributed by atoms with E-state index in [1.54, 1.807) is 0 Å². The number of aliphatic imine (C=N–C) groups is 1. The van der Waals surface area contributed by atoms with Crippen molar-refractivity contribution in [2.75, 3.05) is 6.61 Å². The van der Waals surface area contributed by atoms with Crippen molar-refractivity contribution in [3.8, 4) is 17.0 Å². The van der Waals surface area contributed by atoms with E-state index in [1.807, 2.05) is 31.2 Å². The van der Waals surface area contributed by atoms with E-state index in [4.69, 9.17) is 9.73 Å². The standard InChI is InChI=1S/C36H30N2O/c1-3-39-31-24-22-30(23-25-31)37-29-20-18-27(19-21-29)34(26-12-6-4-7-13-26)35-32-16-10-11-17-33(32)38(2)36(35)28-14-8-5-9-15-28/h4-25H,3H2,1-2H3. The van der Waals surface area contributed by atoms with Crippen molar-refractivity contribution in [3.05, 3.63) is 150 Å². The molecule has 1 aromatic heterocycles. The zero-order chi connectivity index (χ0) is 26.6. The van der Waals surface area contributed by atoms with E-state index in [0.29, 0.717) is 6.61 Å². The summed E-state index contributed by atoms with van der Waals surface area (Å²) < 4.78 is 7.88. The third kappa shape index (κ3) is 4.87. The predicted octanol–water partition coefficient (Wildman–Crippen LogP) is 8.94. The average molecular weight is 507 g/mol. The van der Waals surface area contributed by atoms with Crippen LogP contribution in [0.5, 0.6) is 5.75 Å². The van der Waals surface area contributed by atoms with E-state index in [9.17, 15) is 0 Å². The summed E-state index contributed by atoms with van der Waals surface area (Å²) in [7, 11) is 2.16. The first-order valence-corrected chi connectivity index (χ1v) is 13.3. The van der Waals surface area contributed by atoms with Crippen LogP contribution in [0.15, 0.2) is 144 Å². The summed E-state index contributed by atoms with van der Waals surface area (Å²) in [6, 6.07) is 37.9. The van der Waals surface area contributed by atoms with Crippen LogP contribution in [0.4, 0.5) is 5.69 Å². The van der Waals surface area contributed by atoms with E-state index in [-0.39, 0.29) is 0 Å². The van der Waals surface area contributed by atoms with Crippen LogP contribution in [-0.4, -0.2) is 16.9 Å². The van der Waals surface area contributed by atoms with Gasteiger partial charge in [0.25, 0.3) is 0 Å². The lowest BCUT2D eigenvalue weighted by Crippen LogP contribution is -2.00. The second-order valence-electron chi connectivity index (χ2n) is 9.49. The Bertz CT molecular complexity index is 1720. The molecular weight excluding hydrogens is 476 g/mol. The maximum Gasteiger partial charge on any atom is 0.119 e. The van der Waals surface area contributed by atoms with Gasteiger partial charge in [-0.15, -0.1) is 0 Å². The van der Waals surface area contributed by atoms with Crippen molar-refractivity contribution in [1.29, 1.82) is 0 Å². The number of allylic oxidation sites excluding steroid dienone is 5. The Morgan fingerprint density at radius 2 is 1.36 bits per heavy atom. The zero-order valence-corrected chi connectivity index (χ0v) is 22.2. The molecule has 1 aliphatic rings. The Hall–Kier alpha value is -4.89. The number of benzene rings is 4. The molecule has 1 aliphatic carbocycles. The summed E-state index contributed by atoms with van der Waals surface area (Å²) in [6.07, 6.45) is 8.57. The summed E-state index contributed by atoms with van der Waals surface area (Å²) in [5.41, 5.74) is 10.2. The van der Waals surface area contributed by atoms with Crippen molar-refractivity contribution in [2.45, 2.75) is 6.92 Å². The lowest BCUT2D eigenvalue weighted by Gasteiger charge is -2.16. The third-order valence-corrected chi connectivity index (χ3v) is 7.03. The molecule has 0 unspecified atom stereocenters. The maximum atomic E-state index is 5.56. The quantitative estimate of drug-likeness (QED) is 0.226. The molecule has 0 bridgehead atoms. The van der Waals surface area contributed by atoms with Gasteiger partial charge in [0.2, 0.25) is 0 Å². The highest BCUT2D eigenvalue weighted by Crippen LogP contribution is 2.42. The zero-order valence-electron chi connectivity index (χ0n) is 22.2. The molecule has 0 radical (unpaired) electrons. The molecule has 39 heavy (non-hydrogen) atoms. The van der Waals surface area contributed by atoms with Crippen LogP contribution in [0.25, 0.3) is 27.7 Å². The second-order valence-corrected chi connectivity index (χ2v) is 9.49. The van der Waals surface area contributed by atoms with Crippen molar-refractivity contribution < 1.29 is 4.74 Å². The van der Waals surface area contributed by atoms with Crippen molar-refractivity contribution in [2.24, 2.45) is 12.0 Å². The van der Waals surface area contributed by atoms with Gasteiger partial charge >= 0.3 is 0 Å². The molecule has 4 aromatic carbocycles. The Labute approximate surface area is 229 Å². The number of hydrogen-bond acceptors (Lipinski definition) is 2. The topological polar surface area (TPSA) is 26.5 Å². The van der Waals surface area contributed by atoms with Crippen LogP contribution in [0, 0.1) is 0 Å². The predicted molar refractivity (Wildman–Crippen MR) is 164 cm³/mol. The number of hydrogen-bond donors (Lipinski definition) is 0. The minimum absolute atomic E-state index is 0.654. The number of para-hydroxylation sites is 1. The first kappa shape index (κ1) is 24.4. The highest BCUT2D eigenvalue weighted by molar-refractivity contribution is 6.10. The molecule has 0 saturated carbocycles. The highest BCUT2D eigenvalue weighted by Gasteiger charge is 2.22. The van der Waals surface area contributed by atoms with Crippen molar-refractivity contribution in [3.63, 3.8) is 0 Å². The van der Waals surface area contributed by atoms with Crippen LogP contribution < -0.4 is 4.74 Å². The summed E-state index contributed by atoms with van der Waals surface area (Å²) in [6.45, 7) is 2.64. The van der Waals surface area contributed by atoms with Gasteiger partial charge in [-0.05, 0) is 71.7 Å². The molecule has 0 atom stereocenters. The number of aromatic nitrogens is 1. The molecule has 0 amide bonds. The molecule has 6 rings (SSSR count). The molecule has 5 aromatic rings. The van der Waals surface area contributed by atoms with Gasteiger partial charge in [0, 0.05) is 23.5 Å². The monoisotopic (exact) mass is 506 g/mol. The van der Waals surface area contributed by atoms with Crippen LogP contribution in [-0.2, 0) is 7.05 Å². The lowest BCUT2D eigenvalue weighted by atomic mass is 9.88. The summed E-state index contributed by atoms with van der Waals surface area (Å²) >= 11 is 0. The first-order valence-electron chi connectivity index (χ1n) is 13.3. The van der Waals surface area contributed by atoms with Gasteiger partial charge in [0.05, 0.1) is 23.7 Å². The number of nitrogens with zero attached hydrogens (tertiary/aromatic N) is 2. The Kier molecular flexibility index (Phi) is 6.80. The van der Waals surface area contributed by atoms with E-state index in [2.05, 4.69) is 121 Å². The molecule has 0 saturated heterocycles. The summed E-state index contributed by atoms with van der Waals surface area (Å²) in [5.74, 6) is 0.859. The molecule has 190 valence electrons. The van der Waals surface area contributed by atoms with Crippen LogP contribution in [0.3, 0.4) is 0 Å². The fourth-order valence-corrected chi connectivity index (χ4v) is 5.28. The maximum absolute atomic E-state index is 5.56. The largest absolute Gasteiger partial charge is 0.494 e. The van der Waals surface area contributed by atoms with E-state index >= 15 is 0 Å². The molecule has 0 fully saturated rings. The SMILES string of the molecule is CCOc1ccc(N=C2C=CC(=C(c3ccccc3)c3c(-c4ccccc4)n(C)c4ccccc34)C=C2)cc1. The highest BCUT2D eigenvalue weighted by atomic mass is 16.5. The molecule has 0 N–H and O–H groups in total. The van der Waals surface area contributed by atoms with E-state index < -0.39 is 0 Å². The Balaban J connectivity index is 1.52. The Morgan fingerprint density at radius 1 is 0.718 bits per heavy atom. The smallest absolute Gasteiger partial charge is 0.119 e. The molecule has 0 aliphatic heterocycles. The lowest BCUT2D eigenvalue weighted by molar-refractivity contribution is 0.340. The number of aryl methyl sites for hydroxylation is 1. The van der Waals surface area contributed by atoms with Gasteiger partial charge in [-0.1, -0.05) is 91.0 Å². The summed E-state index contributed by atoms with van der Waals surface area (Å²) in [5, 5.41) is 1.24. The van der Waals surface area contributed by atoms with Gasteiger partial charge in [-0.3, -0.25) is 0 Å². The molecule has 3 heteroatoms. The van der Waals surface area contributed by atoms with E-state index in [0.717, 1.165) is 22.7 Å². The van der Waals surface area contributed by atoms with Crippen molar-refractivity contribution in [1.82, 2.24) is 4.57 Å². The minimum atomic E-state index is 0.654. The van der Waals surface area contributed by atoms with Crippen molar-refractivity contribution >= 4 is 27.9 Å². The molecule has 3 nitrogen and oxygen atoms in total. The first-order chi connectivity index (χ1) is 19.2. The fraction of sp³-hybridized carbons (Fsp3) is 0.0833. The number of ether oxygens (including phenoxy) is 1. The number of fused-ring (bicyclic) bond motifs is 1. The Morgan fingerprint density at radius 3 is 2.05 bits per heavy atom. The average Bonchev–Trinajstić information content (AvgIpc) is 3.28. The van der Waals surface area contributed by atoms with Gasteiger partial charge < -0.3 is 9.30 Å². The molecular formula is C36H30N2O. The summed E-state index contributed by atoms with van der Waals surface area (Å²) in [4.78, 5) is 4.84. The molecule has 1 heterocycles. The third-order valence-electron chi connectivity index (χ3n) is 7.03. The van der Waals surface area contributed by atoms with Gasteiger partial charge in [0.1, 0.15) is 5.75 Å². The van der Waals surface area contributed by atoms with Crippen LogP contribution in [0.1, 0.15) is 18.1 Å². The van der Waals surface area contributed by atoms with E-state index in [1.165, 1.54) is 38.9 Å². The number of rotatable bonds is 6. The fourth-order valence-electron chi connectivity index (χ4n) is 5.28. The van der Waals surface area contributed by atoms with Gasteiger partial charge in [0.15, 0.2) is 0 Å². The second kappa shape index (κ2) is 10.8. The van der Waals surface area contributed by atoms with Gasteiger partial charge in [-0.25, -0.2) is 4.99 Å². The van der Waals surface area contributed by atoms with Crippen LogP contribution >= 0.6 is 0 Å². The molecule has 0 spiro atoms. The normalized spacial score (nSPS) is 12.7. The van der Waals surface area contributed by atoms with Crippen LogP contribution in [0.2, 0.25) is 0 Å².